The molecule has 4 nitrogen and oxygen atoms in total. The van der Waals surface area contributed by atoms with Crippen molar-refractivity contribution in [3.63, 3.8) is 0 Å². The van der Waals surface area contributed by atoms with Crippen LogP contribution in [0.15, 0.2) is 30.3 Å². The molecule has 1 saturated carbocycles. The van der Waals surface area contributed by atoms with Crippen LogP contribution in [0.2, 0.25) is 0 Å². The van der Waals surface area contributed by atoms with Crippen LogP contribution in [0.1, 0.15) is 97.5 Å². The first-order valence-electron chi connectivity index (χ1n) is 12.6. The van der Waals surface area contributed by atoms with Crippen molar-refractivity contribution < 1.29 is 9.58 Å². The molecule has 5 heteroatoms. The van der Waals surface area contributed by atoms with Crippen molar-refractivity contribution in [1.82, 2.24) is 5.06 Å². The van der Waals surface area contributed by atoms with E-state index in [0.29, 0.717) is 0 Å². The molecule has 0 N–H and O–H groups in total. The number of piperidine rings is 1. The Balaban J connectivity index is 1.61. The van der Waals surface area contributed by atoms with Crippen molar-refractivity contribution in [3.8, 4) is 0 Å². The monoisotopic (exact) mass is 460 g/mol. The van der Waals surface area contributed by atoms with Gasteiger partial charge in [0, 0.05) is 17.5 Å². The summed E-state index contributed by atoms with van der Waals surface area (Å²) < 4.78 is 1.23. The Morgan fingerprint density at radius 1 is 0.938 bits per heavy atom. The van der Waals surface area contributed by atoms with Crippen LogP contribution in [-0.2, 0) is 11.3 Å². The van der Waals surface area contributed by atoms with Gasteiger partial charge in [-0.05, 0) is 78.2 Å². The minimum atomic E-state index is -1.00. The Labute approximate surface area is 199 Å². The second-order valence-electron chi connectivity index (χ2n) is 11.7. The highest BCUT2D eigenvalue weighted by atomic mass is 35.5. The first-order chi connectivity index (χ1) is 15.1. The molecule has 0 radical (unpaired) electrons. The average Bonchev–Trinajstić information content (AvgIpc) is 3.30. The standard InChI is InChI=1S/C27H41ClN2O2/c1-24(2)16-11-17-25(3,4)30(24)32-27(21-28)20-26(18-8-9-19-26)23(29(27)31)15-10-14-22-12-6-5-7-13-22/h5-7,12-13H,8-11,14-21H2,1-4H3. The normalized spacial score (nSPS) is 29.2. The third-order valence-electron chi connectivity index (χ3n) is 8.27. The predicted octanol–water partition coefficient (Wildman–Crippen LogP) is 6.83. The molecule has 1 aromatic carbocycles. The fourth-order valence-electron chi connectivity index (χ4n) is 6.74. The van der Waals surface area contributed by atoms with E-state index in [-0.39, 0.29) is 22.4 Å². The molecule has 1 aromatic rings. The van der Waals surface area contributed by atoms with Crippen LogP contribution < -0.4 is 0 Å². The summed E-state index contributed by atoms with van der Waals surface area (Å²) >= 11 is 6.62. The third kappa shape index (κ3) is 4.35. The van der Waals surface area contributed by atoms with Gasteiger partial charge in [0.05, 0.1) is 11.8 Å². The lowest BCUT2D eigenvalue weighted by Gasteiger charge is -2.53. The molecule has 2 heterocycles. The molecule has 178 valence electrons. The summed E-state index contributed by atoms with van der Waals surface area (Å²) in [7, 11) is 0. The van der Waals surface area contributed by atoms with E-state index in [1.807, 2.05) is 0 Å². The number of nitrogens with zero attached hydrogens (tertiary/aromatic N) is 2. The summed E-state index contributed by atoms with van der Waals surface area (Å²) in [6, 6.07) is 10.6. The van der Waals surface area contributed by atoms with Crippen molar-refractivity contribution in [2.45, 2.75) is 115 Å². The van der Waals surface area contributed by atoms with Gasteiger partial charge in [-0.1, -0.05) is 43.2 Å². The maximum atomic E-state index is 14.0. The van der Waals surface area contributed by atoms with E-state index in [4.69, 9.17) is 16.4 Å². The van der Waals surface area contributed by atoms with E-state index in [0.717, 1.165) is 57.1 Å². The van der Waals surface area contributed by atoms with Crippen molar-refractivity contribution in [2.75, 3.05) is 5.88 Å². The van der Waals surface area contributed by atoms with Crippen LogP contribution in [0, 0.1) is 10.6 Å². The van der Waals surface area contributed by atoms with E-state index in [9.17, 15) is 5.21 Å². The van der Waals surface area contributed by atoms with Crippen LogP contribution in [-0.4, -0.2) is 38.2 Å². The topological polar surface area (TPSA) is 38.5 Å². The number of alkyl halides is 1. The molecule has 32 heavy (non-hydrogen) atoms. The Morgan fingerprint density at radius 3 is 2.16 bits per heavy atom. The highest BCUT2D eigenvalue weighted by Crippen LogP contribution is 2.53. The smallest absolute Gasteiger partial charge is 0.308 e. The number of aryl methyl sites for hydroxylation is 1. The summed E-state index contributed by atoms with van der Waals surface area (Å²) in [5.41, 5.74) is 1.08. The SMILES string of the molecule is CC1(C)CCCC(C)(C)N1OC1(CCl)CC2(CCCC2)C(CCCc2ccccc2)=[N+]1[O-]. The minimum absolute atomic E-state index is 0.0442. The fraction of sp³-hybridized carbons (Fsp3) is 0.741. The third-order valence-corrected chi connectivity index (χ3v) is 8.69. The van der Waals surface area contributed by atoms with Crippen LogP contribution in [0.3, 0.4) is 0 Å². The zero-order valence-corrected chi connectivity index (χ0v) is 21.2. The first-order valence-corrected chi connectivity index (χ1v) is 13.1. The highest BCUT2D eigenvalue weighted by Gasteiger charge is 2.63. The average molecular weight is 461 g/mol. The Hall–Kier alpha value is -1.10. The molecule has 1 spiro atoms. The lowest BCUT2D eigenvalue weighted by Crippen LogP contribution is -2.63. The summed E-state index contributed by atoms with van der Waals surface area (Å²) in [6.45, 7) is 8.93. The highest BCUT2D eigenvalue weighted by molar-refractivity contribution is 6.18. The first kappa shape index (κ1) is 24.0. The number of hydroxylamine groups is 3. The van der Waals surface area contributed by atoms with Crippen LogP contribution in [0.4, 0.5) is 0 Å². The second kappa shape index (κ2) is 8.92. The van der Waals surface area contributed by atoms with Crippen LogP contribution in [0.5, 0.6) is 0 Å². The number of benzene rings is 1. The molecule has 1 unspecified atom stereocenters. The van der Waals surface area contributed by atoms with Crippen molar-refractivity contribution in [2.24, 2.45) is 5.41 Å². The van der Waals surface area contributed by atoms with Crippen LogP contribution in [0.25, 0.3) is 0 Å². The van der Waals surface area contributed by atoms with Gasteiger partial charge in [-0.3, -0.25) is 0 Å². The maximum Gasteiger partial charge on any atom is 0.308 e. The van der Waals surface area contributed by atoms with Gasteiger partial charge in [-0.15, -0.1) is 11.6 Å². The number of rotatable bonds is 7. The Bertz CT molecular complexity index is 813. The summed E-state index contributed by atoms with van der Waals surface area (Å²) in [5.74, 6) is 0.198. The number of hydrogen-bond acceptors (Lipinski definition) is 3. The van der Waals surface area contributed by atoms with E-state index in [1.54, 1.807) is 0 Å². The van der Waals surface area contributed by atoms with Gasteiger partial charge in [-0.2, -0.15) is 9.80 Å². The molecule has 4 rings (SSSR count). The van der Waals surface area contributed by atoms with Crippen LogP contribution >= 0.6 is 11.6 Å². The van der Waals surface area contributed by atoms with Gasteiger partial charge < -0.3 is 5.21 Å². The van der Waals surface area contributed by atoms with Gasteiger partial charge >= 0.3 is 5.72 Å². The molecule has 2 fully saturated rings. The Morgan fingerprint density at radius 2 is 1.56 bits per heavy atom. The molecule has 0 amide bonds. The van der Waals surface area contributed by atoms with E-state index >= 15 is 0 Å². The summed E-state index contributed by atoms with van der Waals surface area (Å²) in [6.07, 6.45) is 11.4. The van der Waals surface area contributed by atoms with Gasteiger partial charge in [0.25, 0.3) is 0 Å². The lowest BCUT2D eigenvalue weighted by molar-refractivity contribution is -0.632. The van der Waals surface area contributed by atoms with Gasteiger partial charge in [0.15, 0.2) is 5.71 Å². The molecular formula is C27H41ClN2O2. The quantitative estimate of drug-likeness (QED) is 0.254. The molecule has 1 saturated heterocycles. The van der Waals surface area contributed by atoms with Crippen molar-refractivity contribution in [3.05, 3.63) is 41.1 Å². The van der Waals surface area contributed by atoms with Crippen molar-refractivity contribution in [1.29, 1.82) is 0 Å². The number of halogens is 1. The Kier molecular flexibility index (Phi) is 6.70. The molecule has 0 aromatic heterocycles. The largest absolute Gasteiger partial charge is 0.622 e. The molecule has 1 aliphatic carbocycles. The second-order valence-corrected chi connectivity index (χ2v) is 12.0. The summed E-state index contributed by atoms with van der Waals surface area (Å²) in [5, 5.41) is 16.1. The van der Waals surface area contributed by atoms with E-state index < -0.39 is 5.72 Å². The van der Waals surface area contributed by atoms with E-state index in [2.05, 4.69) is 63.1 Å². The molecule has 1 atom stereocenters. The van der Waals surface area contributed by atoms with Gasteiger partial charge in [0.2, 0.25) is 0 Å². The molecular weight excluding hydrogens is 420 g/mol. The lowest BCUT2D eigenvalue weighted by atomic mass is 9.76. The molecule has 2 aliphatic heterocycles. The number of hydrogen-bond donors (Lipinski definition) is 0. The summed E-state index contributed by atoms with van der Waals surface area (Å²) in [4.78, 5) is 6.81. The molecule has 3 aliphatic rings. The van der Waals surface area contributed by atoms with Gasteiger partial charge in [-0.25, -0.2) is 4.84 Å². The maximum absolute atomic E-state index is 14.0. The predicted molar refractivity (Wildman–Crippen MR) is 132 cm³/mol. The zero-order chi connectivity index (χ0) is 23.0. The van der Waals surface area contributed by atoms with Gasteiger partial charge in [0.1, 0.15) is 5.88 Å². The van der Waals surface area contributed by atoms with Crippen molar-refractivity contribution >= 4 is 17.3 Å². The van der Waals surface area contributed by atoms with E-state index in [1.165, 1.54) is 29.6 Å². The molecule has 0 bridgehead atoms. The fourth-order valence-corrected chi connectivity index (χ4v) is 6.99. The zero-order valence-electron chi connectivity index (χ0n) is 20.5. The minimum Gasteiger partial charge on any atom is -0.622 e.